The SMILES string of the molecule is C=C(c1ccccc1)[C@@]12CC[C@@H](OCOC)C1CC(CCCCOP1(=O)OCCO1)=C2c1ccccc1. The van der Waals surface area contributed by atoms with Gasteiger partial charge in [0.15, 0.2) is 0 Å². The first-order chi connectivity index (χ1) is 18.1. The highest BCUT2D eigenvalue weighted by molar-refractivity contribution is 7.48. The first-order valence-corrected chi connectivity index (χ1v) is 14.7. The highest BCUT2D eigenvalue weighted by Gasteiger charge is 2.57. The molecule has 6 nitrogen and oxygen atoms in total. The van der Waals surface area contributed by atoms with Crippen molar-refractivity contribution >= 4 is 19.0 Å². The van der Waals surface area contributed by atoms with E-state index in [1.54, 1.807) is 7.11 Å². The second kappa shape index (κ2) is 11.8. The molecule has 0 radical (unpaired) electrons. The maximum absolute atomic E-state index is 12.3. The molecule has 0 bridgehead atoms. The number of methoxy groups -OCH3 is 1. The molecule has 2 aromatic carbocycles. The van der Waals surface area contributed by atoms with Crippen LogP contribution in [0.3, 0.4) is 0 Å². The van der Waals surface area contributed by atoms with E-state index in [0.717, 1.165) is 38.5 Å². The van der Waals surface area contributed by atoms with E-state index in [1.165, 1.54) is 27.8 Å². The molecule has 37 heavy (non-hydrogen) atoms. The van der Waals surface area contributed by atoms with Gasteiger partial charge in [0, 0.05) is 18.4 Å². The van der Waals surface area contributed by atoms with E-state index >= 15 is 0 Å². The van der Waals surface area contributed by atoms with Gasteiger partial charge in [-0.05, 0) is 60.8 Å². The molecule has 2 fully saturated rings. The monoisotopic (exact) mass is 524 g/mol. The summed E-state index contributed by atoms with van der Waals surface area (Å²) in [6.07, 6.45) is 5.70. The van der Waals surface area contributed by atoms with Gasteiger partial charge < -0.3 is 9.47 Å². The van der Waals surface area contributed by atoms with Gasteiger partial charge in [0.2, 0.25) is 0 Å². The molecule has 0 amide bonds. The van der Waals surface area contributed by atoms with Crippen molar-refractivity contribution in [2.24, 2.45) is 11.3 Å². The van der Waals surface area contributed by atoms with E-state index in [9.17, 15) is 4.57 Å². The molecule has 0 N–H and O–H groups in total. The minimum Gasteiger partial charge on any atom is -0.359 e. The lowest BCUT2D eigenvalue weighted by Crippen LogP contribution is -2.30. The van der Waals surface area contributed by atoms with Gasteiger partial charge in [-0.3, -0.25) is 13.6 Å². The third kappa shape index (κ3) is 5.42. The van der Waals surface area contributed by atoms with Crippen LogP contribution in [0.25, 0.3) is 11.1 Å². The molecule has 0 spiro atoms. The summed E-state index contributed by atoms with van der Waals surface area (Å²) in [5.41, 5.74) is 6.29. The highest BCUT2D eigenvalue weighted by atomic mass is 31.2. The van der Waals surface area contributed by atoms with Crippen LogP contribution in [0.1, 0.15) is 49.7 Å². The Hall–Kier alpha value is -2.05. The molecular formula is C30H37O6P. The molecule has 1 saturated heterocycles. The van der Waals surface area contributed by atoms with Crippen molar-refractivity contribution in [1.29, 1.82) is 0 Å². The Morgan fingerprint density at radius 3 is 2.46 bits per heavy atom. The van der Waals surface area contributed by atoms with Crippen LogP contribution in [-0.4, -0.2) is 39.8 Å². The standard InChI is InChI=1S/C30H37O6P/c1-23(24-11-5-3-6-12-24)30-17-16-28(33-22-32-2)27(30)21-26(29(30)25-13-7-4-8-14-25)15-9-10-18-34-37(31)35-19-20-36-37/h3-8,11-14,27-28H,1,9-10,15-22H2,2H3/t27?,28-,30+/m1/s1. The highest BCUT2D eigenvalue weighted by Crippen LogP contribution is 2.66. The van der Waals surface area contributed by atoms with Crippen LogP contribution in [0, 0.1) is 11.3 Å². The zero-order valence-corrected chi connectivity index (χ0v) is 22.5. The minimum absolute atomic E-state index is 0.113. The number of hydrogen-bond donors (Lipinski definition) is 0. The Morgan fingerprint density at radius 1 is 1.05 bits per heavy atom. The third-order valence-corrected chi connectivity index (χ3v) is 9.49. The third-order valence-electron chi connectivity index (χ3n) is 8.00. The molecule has 3 aliphatic rings. The Balaban J connectivity index is 1.44. The molecule has 2 aliphatic carbocycles. The molecule has 1 heterocycles. The van der Waals surface area contributed by atoms with Crippen LogP contribution in [0.4, 0.5) is 0 Å². The van der Waals surface area contributed by atoms with Crippen LogP contribution in [0.15, 0.2) is 72.8 Å². The van der Waals surface area contributed by atoms with Crippen LogP contribution in [0.5, 0.6) is 0 Å². The lowest BCUT2D eigenvalue weighted by molar-refractivity contribution is -0.0858. The average molecular weight is 525 g/mol. The van der Waals surface area contributed by atoms with Crippen LogP contribution < -0.4 is 0 Å². The predicted molar refractivity (Wildman–Crippen MR) is 145 cm³/mol. The molecule has 0 aromatic heterocycles. The Bertz CT molecular complexity index is 1140. The minimum atomic E-state index is -3.34. The Kier molecular flexibility index (Phi) is 8.45. The number of hydrogen-bond acceptors (Lipinski definition) is 6. The van der Waals surface area contributed by atoms with Crippen LogP contribution in [-0.2, 0) is 27.6 Å². The summed E-state index contributed by atoms with van der Waals surface area (Å²) >= 11 is 0. The molecule has 5 rings (SSSR count). The molecule has 1 saturated carbocycles. The topological polar surface area (TPSA) is 63.2 Å². The van der Waals surface area contributed by atoms with Gasteiger partial charge in [-0.15, -0.1) is 0 Å². The maximum atomic E-state index is 12.3. The Morgan fingerprint density at radius 2 is 1.76 bits per heavy atom. The van der Waals surface area contributed by atoms with Gasteiger partial charge in [-0.1, -0.05) is 72.8 Å². The van der Waals surface area contributed by atoms with E-state index in [4.69, 9.17) is 29.6 Å². The zero-order valence-electron chi connectivity index (χ0n) is 21.6. The van der Waals surface area contributed by atoms with E-state index in [-0.39, 0.29) is 11.5 Å². The van der Waals surface area contributed by atoms with E-state index in [2.05, 4.69) is 60.7 Å². The Labute approximate surface area is 220 Å². The molecule has 7 heteroatoms. The van der Waals surface area contributed by atoms with Crippen molar-refractivity contribution < 1.29 is 27.6 Å². The van der Waals surface area contributed by atoms with Crippen molar-refractivity contribution in [3.63, 3.8) is 0 Å². The number of phosphoric ester groups is 1. The van der Waals surface area contributed by atoms with Crippen molar-refractivity contribution in [2.45, 2.75) is 44.6 Å². The summed E-state index contributed by atoms with van der Waals surface area (Å²) in [6, 6.07) is 21.3. The van der Waals surface area contributed by atoms with Gasteiger partial charge >= 0.3 is 7.82 Å². The van der Waals surface area contributed by atoms with Gasteiger partial charge in [0.1, 0.15) is 6.79 Å². The van der Waals surface area contributed by atoms with E-state index < -0.39 is 7.82 Å². The summed E-state index contributed by atoms with van der Waals surface area (Å²) in [4.78, 5) is 0. The summed E-state index contributed by atoms with van der Waals surface area (Å²) in [7, 11) is -1.66. The second-order valence-corrected chi connectivity index (χ2v) is 11.7. The molecule has 1 unspecified atom stereocenters. The number of ether oxygens (including phenoxy) is 2. The van der Waals surface area contributed by atoms with Crippen molar-refractivity contribution in [3.8, 4) is 0 Å². The molecule has 198 valence electrons. The van der Waals surface area contributed by atoms with Crippen LogP contribution in [0.2, 0.25) is 0 Å². The molecule has 2 aromatic rings. The summed E-state index contributed by atoms with van der Waals surface area (Å²) in [6.45, 7) is 6.03. The number of fused-ring (bicyclic) bond motifs is 1. The lowest BCUT2D eigenvalue weighted by Gasteiger charge is -2.37. The average Bonchev–Trinajstić information content (AvgIpc) is 3.61. The number of unbranched alkanes of at least 4 members (excludes halogenated alkanes) is 1. The normalized spacial score (nSPS) is 26.5. The first-order valence-electron chi connectivity index (χ1n) is 13.2. The maximum Gasteiger partial charge on any atom is 0.474 e. The van der Waals surface area contributed by atoms with Gasteiger partial charge in [0.05, 0.1) is 25.9 Å². The summed E-state index contributed by atoms with van der Waals surface area (Å²) in [5, 5.41) is 0. The number of phosphoric acid groups is 1. The number of benzene rings is 2. The lowest BCUT2D eigenvalue weighted by atomic mass is 9.66. The quantitative estimate of drug-likeness (QED) is 0.165. The van der Waals surface area contributed by atoms with Gasteiger partial charge in [0.25, 0.3) is 0 Å². The predicted octanol–water partition coefficient (Wildman–Crippen LogP) is 7.28. The largest absolute Gasteiger partial charge is 0.474 e. The van der Waals surface area contributed by atoms with E-state index in [1.807, 2.05) is 0 Å². The number of allylic oxidation sites excluding steroid dienone is 3. The number of rotatable bonds is 12. The fraction of sp³-hybridized carbons (Fsp3) is 0.467. The first kappa shape index (κ1) is 26.6. The smallest absolute Gasteiger partial charge is 0.359 e. The van der Waals surface area contributed by atoms with Crippen molar-refractivity contribution in [2.75, 3.05) is 33.7 Å². The molecule has 1 aliphatic heterocycles. The summed E-state index contributed by atoms with van der Waals surface area (Å²) in [5.74, 6) is 0.299. The zero-order chi connectivity index (χ0) is 25.7. The van der Waals surface area contributed by atoms with E-state index in [0.29, 0.717) is 32.5 Å². The van der Waals surface area contributed by atoms with Crippen molar-refractivity contribution in [3.05, 3.63) is 83.9 Å². The van der Waals surface area contributed by atoms with Gasteiger partial charge in [-0.2, -0.15) is 0 Å². The fourth-order valence-electron chi connectivity index (χ4n) is 6.47. The van der Waals surface area contributed by atoms with Crippen molar-refractivity contribution in [1.82, 2.24) is 0 Å². The second-order valence-electron chi connectivity index (χ2n) is 10.0. The van der Waals surface area contributed by atoms with Gasteiger partial charge in [-0.25, -0.2) is 4.57 Å². The fourth-order valence-corrected chi connectivity index (χ4v) is 7.64. The summed E-state index contributed by atoms with van der Waals surface area (Å²) < 4.78 is 39.6. The molecular weight excluding hydrogens is 487 g/mol. The molecule has 3 atom stereocenters. The van der Waals surface area contributed by atoms with Crippen LogP contribution >= 0.6 is 7.82 Å².